The topological polar surface area (TPSA) is 21.3 Å². The van der Waals surface area contributed by atoms with Crippen molar-refractivity contribution >= 4 is 33.7 Å². The van der Waals surface area contributed by atoms with Crippen molar-refractivity contribution in [3.05, 3.63) is 63.8 Å². The van der Waals surface area contributed by atoms with Crippen LogP contribution in [0, 0.1) is 0 Å². The van der Waals surface area contributed by atoms with E-state index < -0.39 is 0 Å². The van der Waals surface area contributed by atoms with Crippen molar-refractivity contribution in [2.24, 2.45) is 0 Å². The van der Waals surface area contributed by atoms with Crippen molar-refractivity contribution < 1.29 is 4.74 Å². The summed E-state index contributed by atoms with van der Waals surface area (Å²) in [5, 5.41) is 8.34. The fourth-order valence-electron chi connectivity index (χ4n) is 2.37. The van der Waals surface area contributed by atoms with Gasteiger partial charge in [0.25, 0.3) is 0 Å². The first-order valence-corrected chi connectivity index (χ1v) is 8.57. The van der Waals surface area contributed by atoms with Gasteiger partial charge in [0.05, 0.1) is 5.02 Å². The van der Waals surface area contributed by atoms with Crippen LogP contribution in [0.5, 0.6) is 5.75 Å². The Hall–Kier alpha value is -1.55. The van der Waals surface area contributed by atoms with Crippen LogP contribution in [0.3, 0.4) is 0 Å². The number of benzene rings is 2. The standard InChI is InChI=1S/C18H18ClNOS/c1-13(11-20-12-15-6-4-10-22-15)21-17-9-8-14-5-2-3-7-16(14)18(17)19/h2-10,13,20H,11-12H2,1H3. The Morgan fingerprint density at radius 1 is 1.14 bits per heavy atom. The zero-order valence-corrected chi connectivity index (χ0v) is 14.0. The molecule has 0 aliphatic heterocycles. The maximum Gasteiger partial charge on any atom is 0.139 e. The average Bonchev–Trinajstić information content (AvgIpc) is 3.04. The van der Waals surface area contributed by atoms with Crippen molar-refractivity contribution in [1.29, 1.82) is 0 Å². The van der Waals surface area contributed by atoms with Crippen molar-refractivity contribution in [2.45, 2.75) is 19.6 Å². The normalized spacial score (nSPS) is 12.5. The molecule has 0 radical (unpaired) electrons. The van der Waals surface area contributed by atoms with Crippen molar-refractivity contribution in [1.82, 2.24) is 5.32 Å². The van der Waals surface area contributed by atoms with Crippen LogP contribution in [-0.4, -0.2) is 12.6 Å². The summed E-state index contributed by atoms with van der Waals surface area (Å²) in [6.07, 6.45) is 0.0543. The van der Waals surface area contributed by atoms with Crippen LogP contribution in [0.4, 0.5) is 0 Å². The predicted octanol–water partition coefficient (Wildman–Crippen LogP) is 5.11. The van der Waals surface area contributed by atoms with E-state index in [1.54, 1.807) is 11.3 Å². The monoisotopic (exact) mass is 331 g/mol. The average molecular weight is 332 g/mol. The highest BCUT2D eigenvalue weighted by molar-refractivity contribution is 7.09. The number of hydrogen-bond acceptors (Lipinski definition) is 3. The first-order valence-electron chi connectivity index (χ1n) is 7.31. The lowest BCUT2D eigenvalue weighted by atomic mass is 10.1. The second-order valence-corrected chi connectivity index (χ2v) is 6.65. The Kier molecular flexibility index (Phi) is 4.98. The van der Waals surface area contributed by atoms with Gasteiger partial charge < -0.3 is 10.1 Å². The molecule has 1 unspecified atom stereocenters. The Bertz CT molecular complexity index is 742. The molecule has 1 N–H and O–H groups in total. The second-order valence-electron chi connectivity index (χ2n) is 5.24. The molecule has 114 valence electrons. The van der Waals surface area contributed by atoms with Gasteiger partial charge in [-0.25, -0.2) is 0 Å². The lowest BCUT2D eigenvalue weighted by Gasteiger charge is -2.17. The summed E-state index contributed by atoms with van der Waals surface area (Å²) in [7, 11) is 0. The van der Waals surface area contributed by atoms with Crippen LogP contribution < -0.4 is 10.1 Å². The lowest BCUT2D eigenvalue weighted by molar-refractivity contribution is 0.217. The summed E-state index contributed by atoms with van der Waals surface area (Å²) < 4.78 is 5.98. The van der Waals surface area contributed by atoms with Gasteiger partial charge in [0, 0.05) is 23.4 Å². The molecule has 4 heteroatoms. The minimum atomic E-state index is 0.0543. The first kappa shape index (κ1) is 15.3. The van der Waals surface area contributed by atoms with Gasteiger partial charge in [0.2, 0.25) is 0 Å². The van der Waals surface area contributed by atoms with Gasteiger partial charge >= 0.3 is 0 Å². The third kappa shape index (κ3) is 3.61. The molecule has 0 spiro atoms. The van der Waals surface area contributed by atoms with Gasteiger partial charge in [-0.3, -0.25) is 0 Å². The molecule has 1 atom stereocenters. The molecular weight excluding hydrogens is 314 g/mol. The molecule has 0 saturated heterocycles. The van der Waals surface area contributed by atoms with Crippen LogP contribution in [0.1, 0.15) is 11.8 Å². The molecule has 3 rings (SSSR count). The van der Waals surface area contributed by atoms with E-state index in [1.807, 2.05) is 37.3 Å². The third-order valence-electron chi connectivity index (χ3n) is 3.47. The number of halogens is 1. The van der Waals surface area contributed by atoms with E-state index in [-0.39, 0.29) is 6.10 Å². The van der Waals surface area contributed by atoms with E-state index in [1.165, 1.54) is 4.88 Å². The molecule has 0 fully saturated rings. The fraction of sp³-hybridized carbons (Fsp3) is 0.222. The van der Waals surface area contributed by atoms with E-state index in [9.17, 15) is 0 Å². The minimum Gasteiger partial charge on any atom is -0.488 e. The van der Waals surface area contributed by atoms with Crippen molar-refractivity contribution in [2.75, 3.05) is 6.54 Å². The number of thiophene rings is 1. The molecule has 3 aromatic rings. The number of ether oxygens (including phenoxy) is 1. The lowest BCUT2D eigenvalue weighted by Crippen LogP contribution is -2.28. The molecule has 2 nitrogen and oxygen atoms in total. The highest BCUT2D eigenvalue weighted by atomic mass is 35.5. The van der Waals surface area contributed by atoms with Gasteiger partial charge in [0.15, 0.2) is 0 Å². The van der Waals surface area contributed by atoms with Crippen LogP contribution in [0.15, 0.2) is 53.9 Å². The van der Waals surface area contributed by atoms with Crippen LogP contribution in [0.2, 0.25) is 5.02 Å². The summed E-state index contributed by atoms with van der Waals surface area (Å²) in [6.45, 7) is 3.70. The molecule has 22 heavy (non-hydrogen) atoms. The quantitative estimate of drug-likeness (QED) is 0.677. The Labute approximate surface area is 139 Å². The SMILES string of the molecule is CC(CNCc1cccs1)Oc1ccc2ccccc2c1Cl. The van der Waals surface area contributed by atoms with E-state index in [4.69, 9.17) is 16.3 Å². The molecule has 0 amide bonds. The number of rotatable bonds is 6. The van der Waals surface area contributed by atoms with Crippen LogP contribution >= 0.6 is 22.9 Å². The smallest absolute Gasteiger partial charge is 0.139 e. The summed E-state index contributed by atoms with van der Waals surface area (Å²) in [5.41, 5.74) is 0. The third-order valence-corrected chi connectivity index (χ3v) is 4.73. The van der Waals surface area contributed by atoms with Gasteiger partial charge in [-0.05, 0) is 29.8 Å². The van der Waals surface area contributed by atoms with Crippen LogP contribution in [0.25, 0.3) is 10.8 Å². The Balaban J connectivity index is 1.61. The van der Waals surface area contributed by atoms with Gasteiger partial charge in [0.1, 0.15) is 11.9 Å². The van der Waals surface area contributed by atoms with Crippen LogP contribution in [-0.2, 0) is 6.54 Å². The maximum absolute atomic E-state index is 6.46. The van der Waals surface area contributed by atoms with E-state index >= 15 is 0 Å². The molecule has 0 bridgehead atoms. The van der Waals surface area contributed by atoms with E-state index in [0.29, 0.717) is 5.02 Å². The fourth-order valence-corrected chi connectivity index (χ4v) is 3.33. The molecule has 2 aromatic carbocycles. The van der Waals surface area contributed by atoms with Gasteiger partial charge in [-0.15, -0.1) is 11.3 Å². The van der Waals surface area contributed by atoms with Crippen molar-refractivity contribution in [3.63, 3.8) is 0 Å². The summed E-state index contributed by atoms with van der Waals surface area (Å²) in [5.74, 6) is 0.741. The molecular formula is C18H18ClNOS. The summed E-state index contributed by atoms with van der Waals surface area (Å²) in [4.78, 5) is 1.33. The molecule has 1 aromatic heterocycles. The Morgan fingerprint density at radius 2 is 2.00 bits per heavy atom. The molecule has 1 heterocycles. The first-order chi connectivity index (χ1) is 10.7. The van der Waals surface area contributed by atoms with Gasteiger partial charge in [-0.2, -0.15) is 0 Å². The molecule has 0 aliphatic carbocycles. The second kappa shape index (κ2) is 7.14. The predicted molar refractivity (Wildman–Crippen MR) is 95.1 cm³/mol. The number of fused-ring (bicyclic) bond motifs is 1. The minimum absolute atomic E-state index is 0.0543. The molecule has 0 aliphatic rings. The maximum atomic E-state index is 6.46. The molecule has 0 saturated carbocycles. The van der Waals surface area contributed by atoms with Gasteiger partial charge in [-0.1, -0.05) is 48.0 Å². The Morgan fingerprint density at radius 3 is 2.82 bits per heavy atom. The summed E-state index contributed by atoms with van der Waals surface area (Å²) >= 11 is 8.22. The van der Waals surface area contributed by atoms with Crippen molar-refractivity contribution in [3.8, 4) is 5.75 Å². The highest BCUT2D eigenvalue weighted by Crippen LogP contribution is 2.33. The number of hydrogen-bond donors (Lipinski definition) is 1. The van der Waals surface area contributed by atoms with E-state index in [2.05, 4.69) is 28.9 Å². The van der Waals surface area contributed by atoms with E-state index in [0.717, 1.165) is 29.6 Å². The summed E-state index contributed by atoms with van der Waals surface area (Å²) in [6, 6.07) is 16.3. The zero-order chi connectivity index (χ0) is 15.4. The largest absolute Gasteiger partial charge is 0.488 e. The number of nitrogens with one attached hydrogen (secondary N) is 1. The zero-order valence-electron chi connectivity index (χ0n) is 12.4. The highest BCUT2D eigenvalue weighted by Gasteiger charge is 2.10.